The predicted octanol–water partition coefficient (Wildman–Crippen LogP) is 16.0. The summed E-state index contributed by atoms with van der Waals surface area (Å²) in [5.41, 5.74) is 10.7. The highest BCUT2D eigenvalue weighted by Gasteiger charge is 2.22. The lowest BCUT2D eigenvalue weighted by Gasteiger charge is -2.27. The van der Waals surface area contributed by atoms with Gasteiger partial charge in [0.05, 0.1) is 10.4 Å². The highest BCUT2D eigenvalue weighted by atomic mass is 32.1. The number of thiophene rings is 2. The molecule has 9 aromatic carbocycles. The van der Waals surface area contributed by atoms with Crippen molar-refractivity contribution in [3.8, 4) is 33.4 Å². The topological polar surface area (TPSA) is 3.24 Å². The second kappa shape index (κ2) is 13.1. The average Bonchev–Trinajstić information content (AvgIpc) is 3.83. The van der Waals surface area contributed by atoms with E-state index in [2.05, 4.69) is 205 Å². The number of anilines is 3. The molecule has 0 spiro atoms. The Morgan fingerprint density at radius 3 is 1.67 bits per heavy atom. The molecular formula is C52H33NS2. The molecule has 11 rings (SSSR count). The van der Waals surface area contributed by atoms with Gasteiger partial charge in [-0.05, 0) is 87.1 Å². The van der Waals surface area contributed by atoms with Gasteiger partial charge in [0.25, 0.3) is 0 Å². The molecule has 0 bridgehead atoms. The summed E-state index contributed by atoms with van der Waals surface area (Å²) in [6, 6.07) is 73.5. The second-order valence-corrected chi connectivity index (χ2v) is 16.2. The van der Waals surface area contributed by atoms with Crippen molar-refractivity contribution < 1.29 is 0 Å². The molecule has 1 nitrogen and oxygen atoms in total. The van der Waals surface area contributed by atoms with Crippen molar-refractivity contribution in [1.29, 1.82) is 0 Å². The molecule has 0 saturated carbocycles. The lowest BCUT2D eigenvalue weighted by atomic mass is 9.96. The van der Waals surface area contributed by atoms with E-state index in [0.717, 1.165) is 11.4 Å². The SMILES string of the molecule is c1ccc(-c2cc(-c3ccccc3)cc(N(c3ccc4sc5ccccc5c4c3)c3cccc4c3sc3c(-c5cccc6ccccc56)cccc34)c2)cc1. The molecule has 0 aliphatic heterocycles. The van der Waals surface area contributed by atoms with Crippen LogP contribution in [-0.4, -0.2) is 0 Å². The highest BCUT2D eigenvalue weighted by Crippen LogP contribution is 2.49. The van der Waals surface area contributed by atoms with Gasteiger partial charge in [0.15, 0.2) is 0 Å². The molecule has 0 unspecified atom stereocenters. The van der Waals surface area contributed by atoms with E-state index in [1.54, 1.807) is 0 Å². The predicted molar refractivity (Wildman–Crippen MR) is 241 cm³/mol. The second-order valence-electron chi connectivity index (χ2n) is 14.1. The summed E-state index contributed by atoms with van der Waals surface area (Å²) in [4.78, 5) is 2.50. The third-order valence-corrected chi connectivity index (χ3v) is 13.3. The van der Waals surface area contributed by atoms with Crippen molar-refractivity contribution >= 4 is 90.9 Å². The molecule has 2 heterocycles. The minimum Gasteiger partial charge on any atom is -0.309 e. The Labute approximate surface area is 327 Å². The van der Waals surface area contributed by atoms with Crippen molar-refractivity contribution in [1.82, 2.24) is 0 Å². The molecule has 3 heteroatoms. The zero-order valence-corrected chi connectivity index (χ0v) is 31.4. The van der Waals surface area contributed by atoms with Gasteiger partial charge in [0.2, 0.25) is 0 Å². The molecule has 2 aromatic heterocycles. The standard InChI is InChI=1S/C52H33NS2/c1-3-14-34(15-4-1)37-30-38(35-16-5-2-6-17-35)32-40(31-37)53(39-28-29-50-47(33-39)43-21-9-10-27-49(43)54-50)48-26-13-25-46-45-24-12-23-44(51(45)55-52(46)48)42-22-11-19-36-18-7-8-20-41(36)42/h1-33H. The van der Waals surface area contributed by atoms with Crippen LogP contribution < -0.4 is 4.90 Å². The van der Waals surface area contributed by atoms with E-state index in [-0.39, 0.29) is 0 Å². The Bertz CT molecular complexity index is 3150. The molecule has 0 saturated heterocycles. The Hall–Kier alpha value is -6.52. The van der Waals surface area contributed by atoms with Gasteiger partial charge in [0, 0.05) is 52.6 Å². The van der Waals surface area contributed by atoms with E-state index in [9.17, 15) is 0 Å². The van der Waals surface area contributed by atoms with Gasteiger partial charge >= 0.3 is 0 Å². The van der Waals surface area contributed by atoms with Gasteiger partial charge in [-0.2, -0.15) is 0 Å². The molecule has 0 fully saturated rings. The van der Waals surface area contributed by atoms with Crippen LogP contribution >= 0.6 is 22.7 Å². The average molecular weight is 736 g/mol. The largest absolute Gasteiger partial charge is 0.309 e. The summed E-state index contributed by atoms with van der Waals surface area (Å²) in [5, 5.41) is 7.68. The zero-order valence-electron chi connectivity index (χ0n) is 29.8. The summed E-state index contributed by atoms with van der Waals surface area (Å²) in [6.07, 6.45) is 0. The van der Waals surface area contributed by atoms with Gasteiger partial charge in [-0.25, -0.2) is 0 Å². The maximum absolute atomic E-state index is 2.50. The minimum absolute atomic E-state index is 1.12. The quantitative estimate of drug-likeness (QED) is 0.164. The van der Waals surface area contributed by atoms with Crippen LogP contribution in [0.2, 0.25) is 0 Å². The van der Waals surface area contributed by atoms with Crippen LogP contribution in [0.5, 0.6) is 0 Å². The molecule has 0 N–H and O–H groups in total. The van der Waals surface area contributed by atoms with Crippen molar-refractivity contribution in [2.24, 2.45) is 0 Å². The van der Waals surface area contributed by atoms with Crippen molar-refractivity contribution in [3.63, 3.8) is 0 Å². The van der Waals surface area contributed by atoms with Crippen molar-refractivity contribution in [2.75, 3.05) is 4.90 Å². The van der Waals surface area contributed by atoms with Gasteiger partial charge < -0.3 is 4.90 Å². The van der Waals surface area contributed by atoms with Gasteiger partial charge in [-0.15, -0.1) is 22.7 Å². The number of nitrogens with zero attached hydrogens (tertiary/aromatic N) is 1. The fourth-order valence-corrected chi connectivity index (χ4v) is 10.7. The van der Waals surface area contributed by atoms with Crippen LogP contribution in [0.15, 0.2) is 200 Å². The number of fused-ring (bicyclic) bond motifs is 7. The van der Waals surface area contributed by atoms with Gasteiger partial charge in [-0.3, -0.25) is 0 Å². The molecule has 0 aliphatic carbocycles. The van der Waals surface area contributed by atoms with E-state index in [0.29, 0.717) is 0 Å². The summed E-state index contributed by atoms with van der Waals surface area (Å²) in [7, 11) is 0. The highest BCUT2D eigenvalue weighted by molar-refractivity contribution is 7.27. The zero-order chi connectivity index (χ0) is 36.3. The fraction of sp³-hybridized carbons (Fsp3) is 0. The normalized spacial score (nSPS) is 11.6. The fourth-order valence-electron chi connectivity index (χ4n) is 8.27. The molecule has 11 aromatic rings. The number of hydrogen-bond donors (Lipinski definition) is 0. The van der Waals surface area contributed by atoms with Crippen molar-refractivity contribution in [2.45, 2.75) is 0 Å². The van der Waals surface area contributed by atoms with E-state index < -0.39 is 0 Å². The van der Waals surface area contributed by atoms with Gasteiger partial charge in [-0.1, -0.05) is 152 Å². The van der Waals surface area contributed by atoms with E-state index >= 15 is 0 Å². The van der Waals surface area contributed by atoms with E-state index in [4.69, 9.17) is 0 Å². The monoisotopic (exact) mass is 735 g/mol. The summed E-state index contributed by atoms with van der Waals surface area (Å²) in [5.74, 6) is 0. The smallest absolute Gasteiger partial charge is 0.0640 e. The number of benzene rings is 9. The molecule has 0 radical (unpaired) electrons. The maximum Gasteiger partial charge on any atom is 0.0640 e. The first kappa shape index (κ1) is 32.0. The van der Waals surface area contributed by atoms with Crippen LogP contribution in [0.25, 0.3) is 84.5 Å². The third kappa shape index (κ3) is 5.43. The Balaban J connectivity index is 1.20. The summed E-state index contributed by atoms with van der Waals surface area (Å²) >= 11 is 3.77. The lowest BCUT2D eigenvalue weighted by molar-refractivity contribution is 1.31. The molecule has 55 heavy (non-hydrogen) atoms. The first-order valence-corrected chi connectivity index (χ1v) is 20.3. The first-order valence-electron chi connectivity index (χ1n) is 18.7. The first-order chi connectivity index (χ1) is 27.3. The van der Waals surface area contributed by atoms with E-state index in [1.807, 2.05) is 22.7 Å². The summed E-state index contributed by atoms with van der Waals surface area (Å²) in [6.45, 7) is 0. The van der Waals surface area contributed by atoms with Crippen LogP contribution in [-0.2, 0) is 0 Å². The van der Waals surface area contributed by atoms with Crippen LogP contribution in [0.3, 0.4) is 0 Å². The minimum atomic E-state index is 1.12. The molecule has 0 atom stereocenters. The Morgan fingerprint density at radius 2 is 0.891 bits per heavy atom. The van der Waals surface area contributed by atoms with Crippen LogP contribution in [0, 0.1) is 0 Å². The summed E-state index contributed by atoms with van der Waals surface area (Å²) < 4.78 is 5.19. The molecule has 0 amide bonds. The third-order valence-electron chi connectivity index (χ3n) is 10.8. The molecule has 0 aliphatic rings. The Kier molecular flexibility index (Phi) is 7.61. The van der Waals surface area contributed by atoms with E-state index in [1.165, 1.54) is 90.2 Å². The van der Waals surface area contributed by atoms with Gasteiger partial charge in [0.1, 0.15) is 0 Å². The van der Waals surface area contributed by atoms with Crippen LogP contribution in [0.4, 0.5) is 17.1 Å². The van der Waals surface area contributed by atoms with Crippen LogP contribution in [0.1, 0.15) is 0 Å². The number of rotatable bonds is 6. The molecule has 258 valence electrons. The maximum atomic E-state index is 2.50. The number of hydrogen-bond acceptors (Lipinski definition) is 3. The Morgan fingerprint density at radius 1 is 0.309 bits per heavy atom. The lowest BCUT2D eigenvalue weighted by Crippen LogP contribution is -2.10. The molecular weight excluding hydrogens is 703 g/mol. The van der Waals surface area contributed by atoms with Crippen molar-refractivity contribution in [3.05, 3.63) is 200 Å².